The van der Waals surface area contributed by atoms with Crippen LogP contribution in [0.25, 0.3) is 55.3 Å². The van der Waals surface area contributed by atoms with E-state index < -0.39 is 5.41 Å². The lowest BCUT2D eigenvalue weighted by molar-refractivity contribution is 0.563. The predicted molar refractivity (Wildman–Crippen MR) is 249 cm³/mol. The summed E-state index contributed by atoms with van der Waals surface area (Å²) in [4.78, 5) is 2.32. The highest BCUT2D eigenvalue weighted by atomic mass is 16.3. The molecule has 0 amide bonds. The summed E-state index contributed by atoms with van der Waals surface area (Å²) in [6.07, 6.45) is 0. The fourth-order valence-corrected chi connectivity index (χ4v) is 10.8. The number of para-hydroxylation sites is 3. The van der Waals surface area contributed by atoms with Crippen molar-refractivity contribution in [2.45, 2.75) is 24.7 Å². The van der Waals surface area contributed by atoms with Crippen LogP contribution in [-0.4, -0.2) is 0 Å². The second-order valence-corrected chi connectivity index (χ2v) is 16.8. The zero-order valence-corrected chi connectivity index (χ0v) is 33.6. The van der Waals surface area contributed by atoms with E-state index in [1.54, 1.807) is 0 Å². The van der Waals surface area contributed by atoms with Crippen LogP contribution in [0.15, 0.2) is 217 Å². The van der Waals surface area contributed by atoms with E-state index in [1.807, 2.05) is 0 Å². The Morgan fingerprint density at radius 1 is 0.350 bits per heavy atom. The molecule has 10 aromatic rings. The fourth-order valence-electron chi connectivity index (χ4n) is 10.8. The number of anilines is 3. The van der Waals surface area contributed by atoms with Crippen LogP contribution in [0.3, 0.4) is 0 Å². The van der Waals surface area contributed by atoms with Crippen LogP contribution in [0.4, 0.5) is 17.1 Å². The number of nitrogens with zero attached hydrogens (tertiary/aromatic N) is 1. The molecule has 1 aromatic heterocycles. The summed E-state index contributed by atoms with van der Waals surface area (Å²) < 4.78 is 7.27. The molecule has 60 heavy (non-hydrogen) atoms. The number of furan rings is 1. The Morgan fingerprint density at radius 3 is 1.53 bits per heavy atom. The van der Waals surface area contributed by atoms with Crippen LogP contribution >= 0.6 is 0 Å². The van der Waals surface area contributed by atoms with Crippen molar-refractivity contribution >= 4 is 39.0 Å². The summed E-state index contributed by atoms with van der Waals surface area (Å²) in [5, 5.41) is 2.19. The standard InChI is InChI=1S/C58H41NO/c1-57(2)48-28-11-13-30-50(48)58(51-31-14-12-29-49(51)57)47-27-10-9-22-46(47)54-42(23-16-32-52(54)58)43-24-15-25-44-45-26-17-33-53(56(45)60-55(43)44)59(40-20-7-4-8-21-40)41-36-34-39(35-37-41)38-18-5-3-6-19-38/h3-37H,1-2H3. The van der Waals surface area contributed by atoms with Gasteiger partial charge < -0.3 is 9.32 Å². The lowest BCUT2D eigenvalue weighted by atomic mass is 9.55. The van der Waals surface area contributed by atoms with Gasteiger partial charge in [0.05, 0.1) is 11.1 Å². The molecule has 0 aliphatic heterocycles. The van der Waals surface area contributed by atoms with E-state index in [0.717, 1.165) is 44.6 Å². The number of fused-ring (bicyclic) bond motifs is 12. The molecule has 0 unspecified atom stereocenters. The quantitative estimate of drug-likeness (QED) is 0.173. The van der Waals surface area contributed by atoms with Gasteiger partial charge in [-0.2, -0.15) is 0 Å². The summed E-state index contributed by atoms with van der Waals surface area (Å²) in [7, 11) is 0. The monoisotopic (exact) mass is 767 g/mol. The third kappa shape index (κ3) is 4.76. The van der Waals surface area contributed by atoms with Gasteiger partial charge in [-0.05, 0) is 91.5 Å². The first-order valence-electron chi connectivity index (χ1n) is 20.9. The maximum absolute atomic E-state index is 7.27. The number of rotatable bonds is 5. The van der Waals surface area contributed by atoms with Crippen molar-refractivity contribution < 1.29 is 4.42 Å². The van der Waals surface area contributed by atoms with Crippen LogP contribution in [0, 0.1) is 0 Å². The summed E-state index contributed by atoms with van der Waals surface area (Å²) in [5.74, 6) is 0. The molecule has 0 fully saturated rings. The predicted octanol–water partition coefficient (Wildman–Crippen LogP) is 15.4. The lowest BCUT2D eigenvalue weighted by Gasteiger charge is -2.46. The molecule has 0 saturated carbocycles. The van der Waals surface area contributed by atoms with Crippen molar-refractivity contribution in [2.24, 2.45) is 0 Å². The molecule has 9 aromatic carbocycles. The van der Waals surface area contributed by atoms with E-state index in [9.17, 15) is 0 Å². The van der Waals surface area contributed by atoms with Crippen molar-refractivity contribution in [1.82, 2.24) is 0 Å². The van der Waals surface area contributed by atoms with Crippen LogP contribution in [0.5, 0.6) is 0 Å². The van der Waals surface area contributed by atoms with Gasteiger partial charge in [0.2, 0.25) is 0 Å². The average molecular weight is 768 g/mol. The summed E-state index contributed by atoms with van der Waals surface area (Å²) in [5.41, 5.74) is 19.6. The van der Waals surface area contributed by atoms with Gasteiger partial charge in [-0.25, -0.2) is 0 Å². The summed E-state index contributed by atoms with van der Waals surface area (Å²) in [6.45, 7) is 4.76. The minimum atomic E-state index is -0.466. The first-order valence-corrected chi connectivity index (χ1v) is 20.9. The maximum atomic E-state index is 7.27. The molecule has 284 valence electrons. The first kappa shape index (κ1) is 34.6. The van der Waals surface area contributed by atoms with Gasteiger partial charge in [0.15, 0.2) is 5.58 Å². The van der Waals surface area contributed by atoms with Crippen LogP contribution in [0.1, 0.15) is 47.2 Å². The van der Waals surface area contributed by atoms with E-state index in [2.05, 4.69) is 231 Å². The normalized spacial score (nSPS) is 14.1. The molecular weight excluding hydrogens is 727 g/mol. The molecule has 2 aliphatic rings. The molecule has 0 saturated heterocycles. The highest BCUT2D eigenvalue weighted by molar-refractivity contribution is 6.15. The Bertz CT molecular complexity index is 3230. The smallest absolute Gasteiger partial charge is 0.159 e. The maximum Gasteiger partial charge on any atom is 0.159 e. The third-order valence-corrected chi connectivity index (χ3v) is 13.4. The van der Waals surface area contributed by atoms with Gasteiger partial charge in [-0.1, -0.05) is 196 Å². The zero-order chi connectivity index (χ0) is 40.0. The largest absolute Gasteiger partial charge is 0.453 e. The molecule has 1 spiro atoms. The molecule has 0 radical (unpaired) electrons. The van der Waals surface area contributed by atoms with Gasteiger partial charge in [-0.3, -0.25) is 0 Å². The number of hydrogen-bond acceptors (Lipinski definition) is 2. The SMILES string of the molecule is CC1(C)c2ccccc2C2(c3ccccc3-c3c(-c4cccc5c4oc4c(N(c6ccccc6)c6ccc(-c7ccccc7)cc6)cccc45)cccc32)c2ccccc21. The summed E-state index contributed by atoms with van der Waals surface area (Å²) in [6, 6.07) is 77.5. The molecule has 12 rings (SSSR count). The van der Waals surface area contributed by atoms with E-state index in [-0.39, 0.29) is 5.41 Å². The Balaban J connectivity index is 1.09. The van der Waals surface area contributed by atoms with Crippen molar-refractivity contribution in [3.8, 4) is 33.4 Å². The zero-order valence-electron chi connectivity index (χ0n) is 33.6. The average Bonchev–Trinajstić information content (AvgIpc) is 3.84. The van der Waals surface area contributed by atoms with Gasteiger partial charge in [0.25, 0.3) is 0 Å². The fraction of sp³-hybridized carbons (Fsp3) is 0.0690. The van der Waals surface area contributed by atoms with Gasteiger partial charge in [0.1, 0.15) is 5.58 Å². The Hall–Kier alpha value is -7.42. The second-order valence-electron chi connectivity index (χ2n) is 16.8. The third-order valence-electron chi connectivity index (χ3n) is 13.4. The molecule has 2 heteroatoms. The second kappa shape index (κ2) is 13.0. The van der Waals surface area contributed by atoms with Crippen molar-refractivity contribution in [3.05, 3.63) is 246 Å². The number of hydrogen-bond donors (Lipinski definition) is 0. The molecule has 1 heterocycles. The van der Waals surface area contributed by atoms with E-state index >= 15 is 0 Å². The van der Waals surface area contributed by atoms with E-state index in [4.69, 9.17) is 4.42 Å². The molecule has 0 N–H and O–H groups in total. The highest BCUT2D eigenvalue weighted by Crippen LogP contribution is 2.63. The van der Waals surface area contributed by atoms with E-state index in [0.29, 0.717) is 0 Å². The van der Waals surface area contributed by atoms with Crippen LogP contribution < -0.4 is 4.90 Å². The molecule has 2 nitrogen and oxygen atoms in total. The Kier molecular flexibility index (Phi) is 7.52. The minimum Gasteiger partial charge on any atom is -0.453 e. The number of benzene rings is 9. The van der Waals surface area contributed by atoms with Crippen molar-refractivity contribution in [1.29, 1.82) is 0 Å². The van der Waals surface area contributed by atoms with Gasteiger partial charge in [-0.15, -0.1) is 0 Å². The topological polar surface area (TPSA) is 16.4 Å². The molecular formula is C58H41NO. The molecule has 0 bridgehead atoms. The molecule has 0 atom stereocenters. The van der Waals surface area contributed by atoms with Crippen LogP contribution in [0.2, 0.25) is 0 Å². The van der Waals surface area contributed by atoms with Crippen molar-refractivity contribution in [3.63, 3.8) is 0 Å². The molecule has 2 aliphatic carbocycles. The summed E-state index contributed by atoms with van der Waals surface area (Å²) >= 11 is 0. The Morgan fingerprint density at radius 2 is 0.833 bits per heavy atom. The van der Waals surface area contributed by atoms with Crippen LogP contribution in [-0.2, 0) is 10.8 Å². The van der Waals surface area contributed by atoms with Gasteiger partial charge >= 0.3 is 0 Å². The first-order chi connectivity index (χ1) is 29.5. The lowest BCUT2D eigenvalue weighted by Crippen LogP contribution is -2.40. The van der Waals surface area contributed by atoms with Gasteiger partial charge in [0, 0.05) is 33.1 Å². The van der Waals surface area contributed by atoms with Crippen molar-refractivity contribution in [2.75, 3.05) is 4.90 Å². The van der Waals surface area contributed by atoms with E-state index in [1.165, 1.54) is 61.2 Å². The highest BCUT2D eigenvalue weighted by Gasteiger charge is 2.53. The minimum absolute atomic E-state index is 0.150. The Labute approximate surface area is 350 Å².